The third kappa shape index (κ3) is 4.87. The first-order valence-corrected chi connectivity index (χ1v) is 10.9. The number of aromatic nitrogens is 4. The van der Waals surface area contributed by atoms with Gasteiger partial charge in [-0.2, -0.15) is 0 Å². The number of carbonyl (C=O) groups excluding carboxylic acids is 1. The number of rotatable bonds is 8. The highest BCUT2D eigenvalue weighted by Crippen LogP contribution is 2.22. The molecule has 0 aromatic carbocycles. The predicted molar refractivity (Wildman–Crippen MR) is 111 cm³/mol. The van der Waals surface area contributed by atoms with E-state index in [1.54, 1.807) is 7.05 Å². The number of hydrogen-bond acceptors (Lipinski definition) is 7. The lowest BCUT2D eigenvalue weighted by Crippen LogP contribution is -2.38. The Hall–Kier alpha value is -2.20. The van der Waals surface area contributed by atoms with E-state index in [1.807, 2.05) is 0 Å². The lowest BCUT2D eigenvalue weighted by molar-refractivity contribution is -0.119. The van der Waals surface area contributed by atoms with Crippen LogP contribution in [0.4, 0.5) is 0 Å². The third-order valence-electron chi connectivity index (χ3n) is 4.96. The van der Waals surface area contributed by atoms with E-state index in [2.05, 4.69) is 22.2 Å². The molecule has 1 saturated heterocycles. The molecule has 1 fully saturated rings. The summed E-state index contributed by atoms with van der Waals surface area (Å²) in [5.74, 6) is 0.553. The molecular weight excluding hydrogens is 394 g/mol. The Morgan fingerprint density at radius 1 is 1.28 bits per heavy atom. The van der Waals surface area contributed by atoms with Crippen LogP contribution in [0, 0.1) is 0 Å². The van der Waals surface area contributed by atoms with Crippen LogP contribution in [-0.2, 0) is 30.0 Å². The molecule has 158 valence electrons. The van der Waals surface area contributed by atoms with Crippen LogP contribution < -0.4 is 16.6 Å². The van der Waals surface area contributed by atoms with Crippen LogP contribution in [0.25, 0.3) is 11.0 Å². The third-order valence-corrected chi connectivity index (χ3v) is 5.93. The van der Waals surface area contributed by atoms with Gasteiger partial charge < -0.3 is 10.1 Å². The molecule has 3 heterocycles. The summed E-state index contributed by atoms with van der Waals surface area (Å²) in [6.07, 6.45) is 4.57. The van der Waals surface area contributed by atoms with Gasteiger partial charge in [0.25, 0.3) is 5.56 Å². The second-order valence-corrected chi connectivity index (χ2v) is 8.14. The topological polar surface area (TPSA) is 108 Å². The van der Waals surface area contributed by atoms with Crippen LogP contribution in [0.5, 0.6) is 0 Å². The summed E-state index contributed by atoms with van der Waals surface area (Å²) < 4.78 is 7.91. The van der Waals surface area contributed by atoms with E-state index < -0.39 is 11.2 Å². The average Bonchev–Trinajstić information content (AvgIpc) is 3.25. The monoisotopic (exact) mass is 421 g/mol. The molecule has 0 radical (unpaired) electrons. The minimum Gasteiger partial charge on any atom is -0.376 e. The summed E-state index contributed by atoms with van der Waals surface area (Å²) in [5, 5.41) is 3.58. The van der Waals surface area contributed by atoms with Crippen molar-refractivity contribution in [2.24, 2.45) is 14.1 Å². The summed E-state index contributed by atoms with van der Waals surface area (Å²) in [6.45, 7) is 3.30. The highest BCUT2D eigenvalue weighted by atomic mass is 32.2. The molecule has 10 heteroatoms. The quantitative estimate of drug-likeness (QED) is 0.495. The largest absolute Gasteiger partial charge is 0.376 e. The Morgan fingerprint density at radius 2 is 2.07 bits per heavy atom. The molecule has 3 rings (SSSR count). The highest BCUT2D eigenvalue weighted by Gasteiger charge is 2.19. The van der Waals surface area contributed by atoms with E-state index in [-0.39, 0.29) is 23.2 Å². The number of hydrogen-bond donors (Lipinski definition) is 1. The van der Waals surface area contributed by atoms with Crippen molar-refractivity contribution < 1.29 is 9.53 Å². The molecule has 1 aliphatic heterocycles. The fourth-order valence-corrected chi connectivity index (χ4v) is 4.10. The molecule has 1 atom stereocenters. The molecule has 9 nitrogen and oxygen atoms in total. The van der Waals surface area contributed by atoms with Crippen molar-refractivity contribution in [1.29, 1.82) is 0 Å². The maximum Gasteiger partial charge on any atom is 0.332 e. The van der Waals surface area contributed by atoms with Crippen LogP contribution in [0.1, 0.15) is 38.4 Å². The molecule has 0 bridgehead atoms. The van der Waals surface area contributed by atoms with E-state index >= 15 is 0 Å². The van der Waals surface area contributed by atoms with Gasteiger partial charge in [0.05, 0.1) is 11.9 Å². The van der Waals surface area contributed by atoms with E-state index in [1.165, 1.54) is 23.4 Å². The second kappa shape index (κ2) is 9.53. The molecule has 0 spiro atoms. The Labute approximate surface area is 172 Å². The van der Waals surface area contributed by atoms with E-state index in [4.69, 9.17) is 4.74 Å². The number of aryl methyl sites for hydroxylation is 2. The van der Waals surface area contributed by atoms with Gasteiger partial charge >= 0.3 is 5.69 Å². The van der Waals surface area contributed by atoms with Gasteiger partial charge in [0.15, 0.2) is 5.65 Å². The number of fused-ring (bicyclic) bond motifs is 1. The van der Waals surface area contributed by atoms with Gasteiger partial charge in [-0.1, -0.05) is 25.1 Å². The number of ether oxygens (including phenoxy) is 1. The summed E-state index contributed by atoms with van der Waals surface area (Å²) in [5.41, 5.74) is -0.582. The zero-order chi connectivity index (χ0) is 21.0. The van der Waals surface area contributed by atoms with Gasteiger partial charge in [0.1, 0.15) is 16.2 Å². The average molecular weight is 422 g/mol. The fraction of sp³-hybridized carbons (Fsp3) is 0.632. The number of amides is 1. The normalized spacial score (nSPS) is 16.4. The minimum absolute atomic E-state index is 0.0753. The molecule has 1 N–H and O–H groups in total. The van der Waals surface area contributed by atoms with Crippen LogP contribution >= 0.6 is 11.8 Å². The van der Waals surface area contributed by atoms with E-state index in [0.717, 1.165) is 36.9 Å². The first-order chi connectivity index (χ1) is 13.9. The maximum absolute atomic E-state index is 12.7. The number of thioether (sulfide) groups is 1. The van der Waals surface area contributed by atoms with Crippen LogP contribution in [0.2, 0.25) is 0 Å². The summed E-state index contributed by atoms with van der Waals surface area (Å²) >= 11 is 1.19. The highest BCUT2D eigenvalue weighted by molar-refractivity contribution is 8.00. The van der Waals surface area contributed by atoms with Crippen LogP contribution in [0.15, 0.2) is 14.6 Å². The Balaban J connectivity index is 1.87. The van der Waals surface area contributed by atoms with E-state index in [9.17, 15) is 14.4 Å². The maximum atomic E-state index is 12.7. The Bertz CT molecular complexity index is 1010. The van der Waals surface area contributed by atoms with Crippen molar-refractivity contribution in [3.63, 3.8) is 0 Å². The van der Waals surface area contributed by atoms with Gasteiger partial charge in [-0.05, 0) is 19.3 Å². The summed E-state index contributed by atoms with van der Waals surface area (Å²) in [7, 11) is 3.02. The minimum atomic E-state index is -0.451. The van der Waals surface area contributed by atoms with Crippen molar-refractivity contribution >= 4 is 28.7 Å². The zero-order valence-electron chi connectivity index (χ0n) is 17.1. The van der Waals surface area contributed by atoms with Gasteiger partial charge in [-0.3, -0.25) is 18.7 Å². The number of carbonyl (C=O) groups is 1. The van der Waals surface area contributed by atoms with Gasteiger partial charge in [-0.15, -0.1) is 0 Å². The summed E-state index contributed by atoms with van der Waals surface area (Å²) in [6, 6.07) is 0. The predicted octanol–water partition coefficient (Wildman–Crippen LogP) is 0.757. The van der Waals surface area contributed by atoms with Gasteiger partial charge in [-0.25, -0.2) is 14.8 Å². The molecule has 29 heavy (non-hydrogen) atoms. The van der Waals surface area contributed by atoms with E-state index in [0.29, 0.717) is 29.5 Å². The lowest BCUT2D eigenvalue weighted by atomic mass is 10.2. The number of nitrogens with one attached hydrogen (secondary N) is 1. The summed E-state index contributed by atoms with van der Waals surface area (Å²) in [4.78, 5) is 46.3. The van der Waals surface area contributed by atoms with Crippen molar-refractivity contribution in [3.8, 4) is 0 Å². The van der Waals surface area contributed by atoms with Crippen molar-refractivity contribution in [2.75, 3.05) is 18.9 Å². The SMILES string of the molecule is CCCCc1nc(SCC(=O)NCC2CCCO2)c2c(=O)n(C)c(=O)n(C)c2n1. The standard InChI is InChI=1S/C19H27N5O4S/c1-4-5-8-13-21-16-15(18(26)24(3)19(27)23(16)2)17(22-13)29-11-14(25)20-10-12-7-6-9-28-12/h12H,4-11H2,1-3H3,(H,20,25). The smallest absolute Gasteiger partial charge is 0.332 e. The number of nitrogens with zero attached hydrogens (tertiary/aromatic N) is 4. The first-order valence-electron chi connectivity index (χ1n) is 9.90. The van der Waals surface area contributed by atoms with Crippen molar-refractivity contribution in [1.82, 2.24) is 24.4 Å². The lowest BCUT2D eigenvalue weighted by Gasteiger charge is -2.13. The zero-order valence-corrected chi connectivity index (χ0v) is 17.9. The van der Waals surface area contributed by atoms with Crippen LogP contribution in [-0.4, -0.2) is 50.0 Å². The molecule has 0 aliphatic carbocycles. The Kier molecular flexibility index (Phi) is 7.07. The van der Waals surface area contributed by atoms with Crippen LogP contribution in [0.3, 0.4) is 0 Å². The number of unbranched alkanes of at least 4 members (excludes halogenated alkanes) is 1. The first kappa shape index (κ1) is 21.5. The molecule has 0 saturated carbocycles. The van der Waals surface area contributed by atoms with Crippen molar-refractivity contribution in [2.45, 2.75) is 50.2 Å². The fourth-order valence-electron chi connectivity index (χ4n) is 3.24. The Morgan fingerprint density at radius 3 is 2.76 bits per heavy atom. The second-order valence-electron chi connectivity index (χ2n) is 7.18. The molecular formula is C19H27N5O4S. The molecule has 1 amide bonds. The molecule has 2 aromatic heterocycles. The molecule has 1 unspecified atom stereocenters. The van der Waals surface area contributed by atoms with Gasteiger partial charge in [0.2, 0.25) is 5.91 Å². The van der Waals surface area contributed by atoms with Gasteiger partial charge in [0, 0.05) is 33.7 Å². The van der Waals surface area contributed by atoms with Crippen molar-refractivity contribution in [3.05, 3.63) is 26.7 Å². The molecule has 2 aromatic rings. The molecule has 1 aliphatic rings.